The summed E-state index contributed by atoms with van der Waals surface area (Å²) in [5.74, 6) is -1.40. The van der Waals surface area contributed by atoms with Crippen LogP contribution in [0.2, 0.25) is 0 Å². The van der Waals surface area contributed by atoms with Gasteiger partial charge in [-0.3, -0.25) is 39.1 Å². The Hall–Kier alpha value is -6.97. The van der Waals surface area contributed by atoms with Crippen LogP contribution in [0.25, 0.3) is 22.4 Å². The lowest BCUT2D eigenvalue weighted by atomic mass is 9.90. The number of benzene rings is 3. The van der Waals surface area contributed by atoms with Crippen LogP contribution >= 0.6 is 0 Å². The molecule has 1 unspecified atom stereocenters. The number of alkyl halides is 2. The molecule has 0 bridgehead atoms. The quantitative estimate of drug-likeness (QED) is 0.151. The van der Waals surface area contributed by atoms with Crippen LogP contribution in [0, 0.1) is 0 Å². The van der Waals surface area contributed by atoms with Crippen LogP contribution in [0.4, 0.5) is 30.6 Å². The van der Waals surface area contributed by atoms with E-state index >= 15 is 8.78 Å². The van der Waals surface area contributed by atoms with Gasteiger partial charge in [0.25, 0.3) is 18.2 Å². The second kappa shape index (κ2) is 16.1. The molecular weight excluding hydrogens is 809 g/mol. The molecule has 2 aromatic heterocycles. The predicted molar refractivity (Wildman–Crippen MR) is 232 cm³/mol. The number of hydrogen-bond donors (Lipinski definition) is 2. The zero-order chi connectivity index (χ0) is 44.4. The maximum atomic E-state index is 15.0. The number of nitrogens with zero attached hydrogens (tertiary/aromatic N) is 7. The zero-order valence-corrected chi connectivity index (χ0v) is 35.7. The molecule has 16 heteroatoms. The summed E-state index contributed by atoms with van der Waals surface area (Å²) < 4.78 is 31.7. The number of imide groups is 1. The smallest absolute Gasteiger partial charge is 0.324 e. The summed E-state index contributed by atoms with van der Waals surface area (Å²) in [6.07, 6.45) is 0.581. The molecule has 1 fully saturated rings. The van der Waals surface area contributed by atoms with E-state index in [0.717, 1.165) is 45.6 Å². The standard InChI is InChI=1S/C47H47F2N9O5/c1-25(2)28-17-40-35(23-54(3)47(63)55(40)4)41(18-28)57-15-7-8-26-16-32(33(43(48)49)20-39(26)57)27-11-12-36(50-21-27)44(60)51-22-29-19-37(53-56(29)5)30-9-6-10-31-34(30)24-58(46(31)62)38-13-14-42(59)52-45(38)61/h6,9-12,16-21,25,38,43H,7-8,13-15,22-24H2,1-5H3,(H,51,60)(H,52,59,61). The summed E-state index contributed by atoms with van der Waals surface area (Å²) in [5, 5.41) is 9.88. The van der Waals surface area contributed by atoms with Crippen molar-refractivity contribution < 1.29 is 32.8 Å². The largest absolute Gasteiger partial charge is 0.345 e. The molecule has 0 spiro atoms. The molecule has 4 aliphatic heterocycles. The van der Waals surface area contributed by atoms with Crippen LogP contribution in [0.3, 0.4) is 0 Å². The summed E-state index contributed by atoms with van der Waals surface area (Å²) >= 11 is 0. The van der Waals surface area contributed by atoms with E-state index in [9.17, 15) is 24.0 Å². The normalized spacial score (nSPS) is 17.4. The van der Waals surface area contributed by atoms with Crippen LogP contribution in [0.15, 0.2) is 66.9 Å². The van der Waals surface area contributed by atoms with Crippen molar-refractivity contribution in [3.8, 4) is 22.4 Å². The van der Waals surface area contributed by atoms with Crippen LogP contribution < -0.4 is 20.4 Å². The van der Waals surface area contributed by atoms with Crippen molar-refractivity contribution in [1.82, 2.24) is 35.2 Å². The minimum atomic E-state index is -2.78. The number of amides is 6. The van der Waals surface area contributed by atoms with Gasteiger partial charge in [-0.15, -0.1) is 0 Å². The van der Waals surface area contributed by atoms with Crippen LogP contribution in [-0.2, 0) is 42.7 Å². The number of halogens is 2. The van der Waals surface area contributed by atoms with Crippen molar-refractivity contribution in [2.75, 3.05) is 30.4 Å². The van der Waals surface area contributed by atoms with Gasteiger partial charge in [-0.05, 0) is 89.9 Å². The fourth-order valence-corrected chi connectivity index (χ4v) is 9.27. The lowest BCUT2D eigenvalue weighted by Gasteiger charge is -2.39. The number of hydrogen-bond acceptors (Lipinski definition) is 8. The summed E-state index contributed by atoms with van der Waals surface area (Å²) in [6.45, 7) is 5.52. The second-order valence-electron chi connectivity index (χ2n) is 17.0. The average molecular weight is 856 g/mol. The Balaban J connectivity index is 0.929. The first-order valence-electron chi connectivity index (χ1n) is 21.1. The summed E-state index contributed by atoms with van der Waals surface area (Å²) in [5.41, 5.74) is 9.37. The predicted octanol–water partition coefficient (Wildman–Crippen LogP) is 6.99. The topological polar surface area (TPSA) is 153 Å². The molecule has 6 heterocycles. The van der Waals surface area contributed by atoms with Gasteiger partial charge in [-0.2, -0.15) is 5.10 Å². The lowest BCUT2D eigenvalue weighted by molar-refractivity contribution is -0.136. The Morgan fingerprint density at radius 3 is 2.40 bits per heavy atom. The third-order valence-electron chi connectivity index (χ3n) is 12.7. The molecule has 0 radical (unpaired) electrons. The number of rotatable bonds is 9. The molecule has 3 aromatic carbocycles. The van der Waals surface area contributed by atoms with E-state index in [1.165, 1.54) is 17.2 Å². The van der Waals surface area contributed by atoms with Crippen LogP contribution in [0.1, 0.15) is 99.8 Å². The average Bonchev–Trinajstić information content (AvgIpc) is 3.81. The fraction of sp³-hybridized carbons (Fsp3) is 0.340. The maximum absolute atomic E-state index is 15.0. The molecule has 6 amide bonds. The molecule has 2 N–H and O–H groups in total. The Bertz CT molecular complexity index is 2730. The number of pyridine rings is 1. The summed E-state index contributed by atoms with van der Waals surface area (Å²) in [4.78, 5) is 75.4. The Morgan fingerprint density at radius 1 is 0.889 bits per heavy atom. The lowest BCUT2D eigenvalue weighted by Crippen LogP contribution is -2.52. The number of carbonyl (C=O) groups is 5. The first-order chi connectivity index (χ1) is 30.2. The van der Waals surface area contributed by atoms with Crippen molar-refractivity contribution >= 4 is 46.7 Å². The SMILES string of the molecule is CC(C)c1cc2c(c(N3CCCc4cc(-c5ccc(C(=O)NCc6cc(-c7cccc8c7CN(C7CCC(=O)NC7=O)C8=O)nn6C)nc5)c(C(F)F)cc43)c1)CN(C)C(=O)N2C. The first kappa shape index (κ1) is 41.4. The number of aryl methyl sites for hydroxylation is 2. The highest BCUT2D eigenvalue weighted by atomic mass is 19.3. The maximum Gasteiger partial charge on any atom is 0.324 e. The van der Waals surface area contributed by atoms with E-state index in [2.05, 4.69) is 51.6 Å². The van der Waals surface area contributed by atoms with E-state index in [1.807, 2.05) is 18.2 Å². The number of piperidine rings is 1. The molecule has 324 valence electrons. The van der Waals surface area contributed by atoms with E-state index < -0.39 is 24.3 Å². The fourth-order valence-electron chi connectivity index (χ4n) is 9.27. The molecule has 9 rings (SSSR count). The number of urea groups is 1. The van der Waals surface area contributed by atoms with Crippen LogP contribution in [-0.4, -0.2) is 80.9 Å². The molecule has 1 saturated heterocycles. The van der Waals surface area contributed by atoms with Gasteiger partial charge in [0, 0.05) is 86.0 Å². The van der Waals surface area contributed by atoms with Gasteiger partial charge in [0.15, 0.2) is 0 Å². The third-order valence-corrected chi connectivity index (χ3v) is 12.7. The Kier molecular flexibility index (Phi) is 10.5. The zero-order valence-electron chi connectivity index (χ0n) is 35.7. The molecular formula is C47H47F2N9O5. The Morgan fingerprint density at radius 2 is 1.67 bits per heavy atom. The molecule has 0 aliphatic carbocycles. The van der Waals surface area contributed by atoms with Gasteiger partial charge in [-0.1, -0.05) is 32.0 Å². The monoisotopic (exact) mass is 855 g/mol. The molecule has 1 atom stereocenters. The van der Waals surface area contributed by atoms with Gasteiger partial charge < -0.3 is 20.0 Å². The number of anilines is 3. The van der Waals surface area contributed by atoms with Crippen molar-refractivity contribution in [3.63, 3.8) is 0 Å². The molecule has 63 heavy (non-hydrogen) atoms. The van der Waals surface area contributed by atoms with Gasteiger partial charge in [-0.25, -0.2) is 13.6 Å². The molecule has 14 nitrogen and oxygen atoms in total. The minimum Gasteiger partial charge on any atom is -0.345 e. The van der Waals surface area contributed by atoms with E-state index in [4.69, 9.17) is 0 Å². The van der Waals surface area contributed by atoms with Crippen molar-refractivity contribution in [2.45, 2.75) is 77.6 Å². The number of fused-ring (bicyclic) bond motifs is 3. The van der Waals surface area contributed by atoms with Crippen LogP contribution in [0.5, 0.6) is 0 Å². The van der Waals surface area contributed by atoms with E-state index in [-0.39, 0.29) is 61.0 Å². The molecule has 5 aromatic rings. The van der Waals surface area contributed by atoms with Gasteiger partial charge in [0.1, 0.15) is 11.7 Å². The number of carbonyl (C=O) groups excluding carboxylic acids is 5. The van der Waals surface area contributed by atoms with E-state index in [1.54, 1.807) is 59.9 Å². The number of nitrogens with one attached hydrogen (secondary N) is 2. The highest BCUT2D eigenvalue weighted by molar-refractivity contribution is 6.06. The van der Waals surface area contributed by atoms with Crippen molar-refractivity contribution in [3.05, 3.63) is 112 Å². The van der Waals surface area contributed by atoms with Crippen molar-refractivity contribution in [1.29, 1.82) is 0 Å². The highest BCUT2D eigenvalue weighted by Crippen LogP contribution is 2.46. The Labute approximate surface area is 362 Å². The second-order valence-corrected chi connectivity index (χ2v) is 17.0. The van der Waals surface area contributed by atoms with Crippen molar-refractivity contribution in [2.24, 2.45) is 7.05 Å². The van der Waals surface area contributed by atoms with E-state index in [0.29, 0.717) is 53.3 Å². The van der Waals surface area contributed by atoms with Gasteiger partial charge in [0.05, 0.1) is 30.2 Å². The third kappa shape index (κ3) is 7.36. The summed E-state index contributed by atoms with van der Waals surface area (Å²) in [7, 11) is 5.27. The summed E-state index contributed by atoms with van der Waals surface area (Å²) in [6, 6.07) is 17.1. The van der Waals surface area contributed by atoms with Gasteiger partial charge >= 0.3 is 6.03 Å². The van der Waals surface area contributed by atoms with Gasteiger partial charge in [0.2, 0.25) is 11.8 Å². The first-order valence-corrected chi connectivity index (χ1v) is 21.1. The minimum absolute atomic E-state index is 0.102. The number of aromatic nitrogens is 3. The molecule has 0 saturated carbocycles. The molecule has 4 aliphatic rings. The highest BCUT2D eigenvalue weighted by Gasteiger charge is 2.40.